The van der Waals surface area contributed by atoms with Gasteiger partial charge in [0, 0.05) is 11.6 Å². The van der Waals surface area contributed by atoms with E-state index < -0.39 is 5.60 Å². The predicted molar refractivity (Wildman–Crippen MR) is 88.7 cm³/mol. The third kappa shape index (κ3) is 3.88. The van der Waals surface area contributed by atoms with E-state index in [1.165, 1.54) is 6.08 Å². The number of fused-ring (bicyclic) bond motifs is 1. The van der Waals surface area contributed by atoms with Crippen LogP contribution < -0.4 is 4.74 Å². The molecule has 0 fully saturated rings. The summed E-state index contributed by atoms with van der Waals surface area (Å²) >= 11 is 0. The fourth-order valence-corrected chi connectivity index (χ4v) is 2.26. The predicted octanol–water partition coefficient (Wildman–Crippen LogP) is 4.31. The molecule has 0 radical (unpaired) electrons. The van der Waals surface area contributed by atoms with Crippen LogP contribution in [-0.4, -0.2) is 18.2 Å². The number of carbonyl (C=O) groups excluding carboxylic acids is 1. The highest BCUT2D eigenvalue weighted by molar-refractivity contribution is 5.83. The van der Waals surface area contributed by atoms with Crippen molar-refractivity contribution in [2.24, 2.45) is 0 Å². The molecule has 0 saturated heterocycles. The number of carbonyl (C=O) groups is 1. The Morgan fingerprint density at radius 2 is 2.05 bits per heavy atom. The fraction of sp³-hybridized carbons (Fsp3) is 0.316. The number of allylic oxidation sites excluding steroid dienone is 2. The van der Waals surface area contributed by atoms with Gasteiger partial charge in [0.1, 0.15) is 11.4 Å². The van der Waals surface area contributed by atoms with Gasteiger partial charge >= 0.3 is 5.97 Å². The SMILES string of the molecule is CCOC(=O)/C=C(C)/C=C/C1=Cc2ccccc2OC1(C)C. The largest absolute Gasteiger partial charge is 0.483 e. The van der Waals surface area contributed by atoms with E-state index >= 15 is 0 Å². The van der Waals surface area contributed by atoms with Gasteiger partial charge in [0.05, 0.1) is 6.61 Å². The third-order valence-corrected chi connectivity index (χ3v) is 3.45. The van der Waals surface area contributed by atoms with Gasteiger partial charge in [0.2, 0.25) is 0 Å². The molecule has 3 heteroatoms. The Balaban J connectivity index is 2.23. The molecule has 116 valence electrons. The molecular weight excluding hydrogens is 276 g/mol. The van der Waals surface area contributed by atoms with Gasteiger partial charge in [-0.05, 0) is 51.0 Å². The van der Waals surface area contributed by atoms with E-state index in [-0.39, 0.29) is 5.97 Å². The van der Waals surface area contributed by atoms with Crippen molar-refractivity contribution in [2.45, 2.75) is 33.3 Å². The summed E-state index contributed by atoms with van der Waals surface area (Å²) in [6.07, 6.45) is 7.50. The number of benzene rings is 1. The maximum absolute atomic E-state index is 11.4. The standard InChI is InChI=1S/C19H22O3/c1-5-21-18(20)12-14(2)10-11-16-13-15-8-6-7-9-17(15)22-19(16,3)4/h6-13H,5H2,1-4H3/b11-10+,14-12+. The number of hydrogen-bond acceptors (Lipinski definition) is 3. The second kappa shape index (κ2) is 6.65. The van der Waals surface area contributed by atoms with Crippen molar-refractivity contribution in [3.05, 3.63) is 59.2 Å². The number of rotatable bonds is 4. The quantitative estimate of drug-likeness (QED) is 0.472. The molecule has 0 unspecified atom stereocenters. The van der Waals surface area contributed by atoms with Gasteiger partial charge in [-0.15, -0.1) is 0 Å². The average Bonchev–Trinajstić information content (AvgIpc) is 2.44. The average molecular weight is 298 g/mol. The van der Waals surface area contributed by atoms with Gasteiger partial charge in [0.25, 0.3) is 0 Å². The topological polar surface area (TPSA) is 35.5 Å². The minimum atomic E-state index is -0.408. The summed E-state index contributed by atoms with van der Waals surface area (Å²) in [7, 11) is 0. The fourth-order valence-electron chi connectivity index (χ4n) is 2.26. The lowest BCUT2D eigenvalue weighted by Crippen LogP contribution is -2.32. The zero-order chi connectivity index (χ0) is 16.2. The summed E-state index contributed by atoms with van der Waals surface area (Å²) in [5.41, 5.74) is 2.56. The first-order chi connectivity index (χ1) is 10.4. The van der Waals surface area contributed by atoms with Crippen LogP contribution in [-0.2, 0) is 9.53 Å². The van der Waals surface area contributed by atoms with Gasteiger partial charge in [-0.3, -0.25) is 0 Å². The molecule has 0 atom stereocenters. The van der Waals surface area contributed by atoms with Gasteiger partial charge < -0.3 is 9.47 Å². The molecule has 0 spiro atoms. The van der Waals surface area contributed by atoms with E-state index in [2.05, 4.69) is 6.08 Å². The van der Waals surface area contributed by atoms with Crippen LogP contribution in [0.3, 0.4) is 0 Å². The Hall–Kier alpha value is -2.29. The van der Waals surface area contributed by atoms with E-state index in [0.29, 0.717) is 6.61 Å². The van der Waals surface area contributed by atoms with E-state index in [0.717, 1.165) is 22.5 Å². The van der Waals surface area contributed by atoms with E-state index in [9.17, 15) is 4.79 Å². The summed E-state index contributed by atoms with van der Waals surface area (Å²) < 4.78 is 11.0. The Morgan fingerprint density at radius 1 is 1.32 bits per heavy atom. The molecule has 3 nitrogen and oxygen atoms in total. The monoisotopic (exact) mass is 298 g/mol. The van der Waals surface area contributed by atoms with Crippen LogP contribution in [0.25, 0.3) is 6.08 Å². The molecule has 1 aromatic rings. The van der Waals surface area contributed by atoms with Gasteiger partial charge in [-0.25, -0.2) is 4.79 Å². The molecule has 1 heterocycles. The summed E-state index contributed by atoms with van der Waals surface area (Å²) in [6, 6.07) is 7.96. The third-order valence-electron chi connectivity index (χ3n) is 3.45. The first-order valence-electron chi connectivity index (χ1n) is 7.46. The number of ether oxygens (including phenoxy) is 2. The van der Waals surface area contributed by atoms with Crippen LogP contribution in [0.5, 0.6) is 5.75 Å². The maximum atomic E-state index is 11.4. The van der Waals surface area contributed by atoms with Crippen LogP contribution in [0.1, 0.15) is 33.3 Å². The summed E-state index contributed by atoms with van der Waals surface area (Å²) in [4.78, 5) is 11.4. The lowest BCUT2D eigenvalue weighted by Gasteiger charge is -2.32. The highest BCUT2D eigenvalue weighted by atomic mass is 16.5. The van der Waals surface area contributed by atoms with Crippen molar-refractivity contribution in [3.8, 4) is 5.75 Å². The molecule has 0 aromatic heterocycles. The van der Waals surface area contributed by atoms with Crippen LogP contribution in [0.15, 0.2) is 53.6 Å². The smallest absolute Gasteiger partial charge is 0.330 e. The Labute approximate surface area is 131 Å². The van der Waals surface area contributed by atoms with Crippen LogP contribution in [0, 0.1) is 0 Å². The van der Waals surface area contributed by atoms with E-state index in [4.69, 9.17) is 9.47 Å². The lowest BCUT2D eigenvalue weighted by atomic mass is 9.91. The molecule has 1 aromatic carbocycles. The zero-order valence-electron chi connectivity index (χ0n) is 13.6. The van der Waals surface area contributed by atoms with Gasteiger partial charge in [0.15, 0.2) is 0 Å². The highest BCUT2D eigenvalue weighted by Gasteiger charge is 2.28. The number of para-hydroxylation sites is 1. The summed E-state index contributed by atoms with van der Waals surface area (Å²) in [5, 5.41) is 0. The van der Waals surface area contributed by atoms with Crippen LogP contribution in [0.2, 0.25) is 0 Å². The summed E-state index contributed by atoms with van der Waals surface area (Å²) in [6.45, 7) is 8.11. The zero-order valence-corrected chi connectivity index (χ0v) is 13.6. The van der Waals surface area contributed by atoms with E-state index in [1.54, 1.807) is 6.92 Å². The second-order valence-corrected chi connectivity index (χ2v) is 5.72. The molecule has 1 aliphatic heterocycles. The molecule has 0 bridgehead atoms. The van der Waals surface area contributed by atoms with Crippen molar-refractivity contribution in [3.63, 3.8) is 0 Å². The van der Waals surface area contributed by atoms with Crippen molar-refractivity contribution in [1.29, 1.82) is 0 Å². The normalized spacial score (nSPS) is 16.7. The number of hydrogen-bond donors (Lipinski definition) is 0. The first kappa shape index (κ1) is 16.1. The minimum Gasteiger partial charge on any atom is -0.483 e. The molecule has 0 N–H and O–H groups in total. The van der Waals surface area contributed by atoms with Gasteiger partial charge in [-0.2, -0.15) is 0 Å². The molecule has 22 heavy (non-hydrogen) atoms. The molecule has 2 rings (SSSR count). The van der Waals surface area contributed by atoms with Crippen LogP contribution >= 0.6 is 0 Å². The molecule has 0 saturated carbocycles. The first-order valence-corrected chi connectivity index (χ1v) is 7.46. The Kier molecular flexibility index (Phi) is 4.86. The molecule has 1 aliphatic rings. The van der Waals surface area contributed by atoms with Crippen molar-refractivity contribution in [2.75, 3.05) is 6.61 Å². The van der Waals surface area contributed by atoms with Gasteiger partial charge in [-0.1, -0.05) is 30.4 Å². The van der Waals surface area contributed by atoms with Crippen molar-refractivity contribution in [1.82, 2.24) is 0 Å². The number of esters is 1. The van der Waals surface area contributed by atoms with Crippen molar-refractivity contribution < 1.29 is 14.3 Å². The van der Waals surface area contributed by atoms with Crippen LogP contribution in [0.4, 0.5) is 0 Å². The maximum Gasteiger partial charge on any atom is 0.330 e. The van der Waals surface area contributed by atoms with Crippen molar-refractivity contribution >= 4 is 12.0 Å². The Bertz CT molecular complexity index is 648. The second-order valence-electron chi connectivity index (χ2n) is 5.72. The minimum absolute atomic E-state index is 0.317. The summed E-state index contributed by atoms with van der Waals surface area (Å²) in [5.74, 6) is 0.576. The van der Waals surface area contributed by atoms with E-state index in [1.807, 2.05) is 57.2 Å². The molecule has 0 amide bonds. The lowest BCUT2D eigenvalue weighted by molar-refractivity contribution is -0.137. The molecule has 0 aliphatic carbocycles. The highest BCUT2D eigenvalue weighted by Crippen LogP contribution is 2.35. The Morgan fingerprint density at radius 3 is 2.77 bits per heavy atom. The molecular formula is C19H22O3.